The van der Waals surface area contributed by atoms with E-state index in [2.05, 4.69) is 55.4 Å². The number of hydrogen-bond acceptors (Lipinski definition) is 2. The Labute approximate surface area is 108 Å². The number of amides is 1. The number of carbonyl (C=O) groups excluding carboxylic acids is 1. The molecule has 0 atom stereocenters. The van der Waals surface area contributed by atoms with Gasteiger partial charge in [0.1, 0.15) is 16.5 Å². The van der Waals surface area contributed by atoms with Gasteiger partial charge in [-0.1, -0.05) is 45.2 Å². The molecule has 0 aliphatic carbocycles. The highest BCUT2D eigenvalue weighted by atomic mass is 28.4. The molecule has 98 valence electrons. The molecule has 3 nitrogen and oxygen atoms in total. The topological polar surface area (TPSA) is 23.6 Å². The molecule has 0 aliphatic heterocycles. The molecule has 0 heterocycles. The SMILES string of the molecule is CN(C)C(=O)C#CCN([Si](C)(C)C)[Si](C)(C)C. The predicted octanol–water partition coefficient (Wildman–Crippen LogP) is 2.05. The average Bonchev–Trinajstić information content (AvgIpc) is 2.07. The largest absolute Gasteiger partial charge is 0.338 e. The second kappa shape index (κ2) is 5.85. The van der Waals surface area contributed by atoms with Gasteiger partial charge in [0.2, 0.25) is 0 Å². The lowest BCUT2D eigenvalue weighted by atomic mass is 10.5. The van der Waals surface area contributed by atoms with Crippen LogP contribution < -0.4 is 0 Å². The lowest BCUT2D eigenvalue weighted by Gasteiger charge is -2.42. The summed E-state index contributed by atoms with van der Waals surface area (Å²) in [5.74, 6) is 5.62. The van der Waals surface area contributed by atoms with Gasteiger partial charge in [-0.3, -0.25) is 4.79 Å². The lowest BCUT2D eigenvalue weighted by Crippen LogP contribution is -2.59. The fourth-order valence-corrected chi connectivity index (χ4v) is 10.9. The predicted molar refractivity (Wildman–Crippen MR) is 79.9 cm³/mol. The first-order valence-corrected chi connectivity index (χ1v) is 12.8. The normalized spacial score (nSPS) is 12.1. The van der Waals surface area contributed by atoms with Gasteiger partial charge in [0, 0.05) is 20.6 Å². The second-order valence-corrected chi connectivity index (χ2v) is 16.6. The van der Waals surface area contributed by atoms with Crippen LogP contribution in [-0.4, -0.2) is 52.1 Å². The molecule has 5 heteroatoms. The number of hydrogen-bond donors (Lipinski definition) is 0. The monoisotopic (exact) mass is 270 g/mol. The van der Waals surface area contributed by atoms with E-state index in [1.807, 2.05) is 0 Å². The van der Waals surface area contributed by atoms with Crippen LogP contribution in [0.1, 0.15) is 0 Å². The standard InChI is InChI=1S/C12H26N2OSi2/c1-13(2)12(15)10-9-11-14(16(3,4)5)17(6,7)8/h11H2,1-8H3. The molecular weight excluding hydrogens is 244 g/mol. The Morgan fingerprint density at radius 1 is 1.00 bits per heavy atom. The summed E-state index contributed by atoms with van der Waals surface area (Å²) in [6, 6.07) is 0. The van der Waals surface area contributed by atoms with Crippen LogP contribution in [0.4, 0.5) is 0 Å². The zero-order valence-corrected chi connectivity index (χ0v) is 14.5. The summed E-state index contributed by atoms with van der Waals surface area (Å²) >= 11 is 0. The Bertz CT molecular complexity index is 315. The van der Waals surface area contributed by atoms with Crippen molar-refractivity contribution in [3.8, 4) is 11.8 Å². The van der Waals surface area contributed by atoms with Crippen molar-refractivity contribution < 1.29 is 4.79 Å². The fraction of sp³-hybridized carbons (Fsp3) is 0.750. The van der Waals surface area contributed by atoms with Gasteiger partial charge >= 0.3 is 0 Å². The van der Waals surface area contributed by atoms with Gasteiger partial charge < -0.3 is 9.13 Å². The first-order chi connectivity index (χ1) is 7.46. The summed E-state index contributed by atoms with van der Waals surface area (Å²) < 4.78 is 2.57. The van der Waals surface area contributed by atoms with E-state index in [1.54, 1.807) is 14.1 Å². The third-order valence-electron chi connectivity index (χ3n) is 2.46. The highest BCUT2D eigenvalue weighted by Gasteiger charge is 2.33. The molecule has 0 saturated carbocycles. The maximum atomic E-state index is 11.4. The van der Waals surface area contributed by atoms with E-state index in [9.17, 15) is 4.79 Å². The zero-order chi connectivity index (χ0) is 13.9. The van der Waals surface area contributed by atoms with Crippen molar-refractivity contribution in [3.63, 3.8) is 0 Å². The van der Waals surface area contributed by atoms with Gasteiger partial charge in [-0.25, -0.2) is 0 Å². The van der Waals surface area contributed by atoms with E-state index in [1.165, 1.54) is 4.90 Å². The van der Waals surface area contributed by atoms with E-state index in [0.29, 0.717) is 0 Å². The van der Waals surface area contributed by atoms with Crippen molar-refractivity contribution in [1.82, 2.24) is 9.13 Å². The van der Waals surface area contributed by atoms with Crippen molar-refractivity contribution in [1.29, 1.82) is 0 Å². The number of nitrogens with zero attached hydrogens (tertiary/aromatic N) is 2. The third kappa shape index (κ3) is 6.06. The molecule has 0 unspecified atom stereocenters. The molecular formula is C12H26N2OSi2. The van der Waals surface area contributed by atoms with Gasteiger partial charge in [-0.2, -0.15) is 0 Å². The Morgan fingerprint density at radius 3 is 1.71 bits per heavy atom. The van der Waals surface area contributed by atoms with E-state index in [-0.39, 0.29) is 5.91 Å². The molecule has 0 aromatic carbocycles. The molecule has 0 fully saturated rings. The summed E-state index contributed by atoms with van der Waals surface area (Å²) in [6.07, 6.45) is 0. The molecule has 0 rings (SSSR count). The van der Waals surface area contributed by atoms with Crippen molar-refractivity contribution in [3.05, 3.63) is 0 Å². The minimum absolute atomic E-state index is 0.115. The van der Waals surface area contributed by atoms with E-state index in [4.69, 9.17) is 0 Å². The van der Waals surface area contributed by atoms with E-state index >= 15 is 0 Å². The van der Waals surface area contributed by atoms with Gasteiger partial charge in [-0.05, 0) is 5.92 Å². The Kier molecular flexibility index (Phi) is 5.65. The summed E-state index contributed by atoms with van der Waals surface area (Å²) in [4.78, 5) is 12.9. The molecule has 0 N–H and O–H groups in total. The Morgan fingerprint density at radius 2 is 1.41 bits per heavy atom. The maximum absolute atomic E-state index is 11.4. The highest BCUT2D eigenvalue weighted by Crippen LogP contribution is 2.18. The third-order valence-corrected chi connectivity index (χ3v) is 10.0. The van der Waals surface area contributed by atoms with Crippen molar-refractivity contribution in [2.75, 3.05) is 20.6 Å². The van der Waals surface area contributed by atoms with E-state index in [0.717, 1.165) is 6.54 Å². The average molecular weight is 271 g/mol. The summed E-state index contributed by atoms with van der Waals surface area (Å²) in [5.41, 5.74) is 0. The first kappa shape index (κ1) is 16.4. The van der Waals surface area contributed by atoms with E-state index < -0.39 is 16.5 Å². The summed E-state index contributed by atoms with van der Waals surface area (Å²) in [5, 5.41) is 0. The zero-order valence-electron chi connectivity index (χ0n) is 12.5. The van der Waals surface area contributed by atoms with Crippen molar-refractivity contribution in [2.24, 2.45) is 0 Å². The van der Waals surface area contributed by atoms with Crippen LogP contribution in [0.2, 0.25) is 39.3 Å². The minimum Gasteiger partial charge on any atom is -0.338 e. The Hall–Kier alpha value is -0.576. The second-order valence-electron chi connectivity index (χ2n) is 6.43. The van der Waals surface area contributed by atoms with Crippen molar-refractivity contribution >= 4 is 22.4 Å². The summed E-state index contributed by atoms with van der Waals surface area (Å²) in [7, 11) is 0.749. The first-order valence-electron chi connectivity index (χ1n) is 5.94. The fourth-order valence-electron chi connectivity index (χ4n) is 1.79. The molecule has 0 aromatic rings. The molecule has 0 radical (unpaired) electrons. The van der Waals surface area contributed by atoms with Crippen LogP contribution >= 0.6 is 0 Å². The van der Waals surface area contributed by atoms with Crippen molar-refractivity contribution in [2.45, 2.75) is 39.3 Å². The summed E-state index contributed by atoms with van der Waals surface area (Å²) in [6.45, 7) is 14.7. The van der Waals surface area contributed by atoms with Crippen LogP contribution in [0.15, 0.2) is 0 Å². The molecule has 0 saturated heterocycles. The Balaban J connectivity index is 4.76. The lowest BCUT2D eigenvalue weighted by molar-refractivity contribution is -0.122. The van der Waals surface area contributed by atoms with Crippen LogP contribution in [0, 0.1) is 11.8 Å². The van der Waals surface area contributed by atoms with Crippen LogP contribution in [0.3, 0.4) is 0 Å². The molecule has 1 amide bonds. The molecule has 0 bridgehead atoms. The number of rotatable bonds is 3. The van der Waals surface area contributed by atoms with Crippen LogP contribution in [-0.2, 0) is 4.79 Å². The molecule has 0 aliphatic rings. The molecule has 0 spiro atoms. The highest BCUT2D eigenvalue weighted by molar-refractivity contribution is 6.89. The van der Waals surface area contributed by atoms with Gasteiger partial charge in [0.15, 0.2) is 0 Å². The maximum Gasteiger partial charge on any atom is 0.297 e. The molecule has 17 heavy (non-hydrogen) atoms. The minimum atomic E-state index is -1.35. The van der Waals surface area contributed by atoms with Crippen LogP contribution in [0.25, 0.3) is 0 Å². The molecule has 0 aromatic heterocycles. The van der Waals surface area contributed by atoms with Crippen LogP contribution in [0.5, 0.6) is 0 Å². The number of carbonyl (C=O) groups is 1. The quantitative estimate of drug-likeness (QED) is 0.579. The van der Waals surface area contributed by atoms with Gasteiger partial charge in [0.25, 0.3) is 5.91 Å². The van der Waals surface area contributed by atoms with Gasteiger partial charge in [0.05, 0.1) is 0 Å². The smallest absolute Gasteiger partial charge is 0.297 e. The van der Waals surface area contributed by atoms with Gasteiger partial charge in [-0.15, -0.1) is 0 Å².